The van der Waals surface area contributed by atoms with E-state index in [2.05, 4.69) is 61.4 Å². The maximum absolute atomic E-state index is 4.69. The highest BCUT2D eigenvalue weighted by atomic mass is 15.4. The molecule has 0 aliphatic carbocycles. The lowest BCUT2D eigenvalue weighted by Gasteiger charge is -2.11. The second kappa shape index (κ2) is 8.26. The van der Waals surface area contributed by atoms with Gasteiger partial charge in [-0.2, -0.15) is 10.1 Å². The summed E-state index contributed by atoms with van der Waals surface area (Å²) in [5.41, 5.74) is 7.85. The molecule has 0 amide bonds. The Morgan fingerprint density at radius 2 is 1.86 bits per heavy atom. The van der Waals surface area contributed by atoms with Gasteiger partial charge in [-0.05, 0) is 30.2 Å². The van der Waals surface area contributed by atoms with Crippen molar-refractivity contribution in [2.24, 2.45) is 5.10 Å². The van der Waals surface area contributed by atoms with Crippen LogP contribution in [0.2, 0.25) is 0 Å². The number of nitrogens with zero attached hydrogens (tertiary/aromatic N) is 6. The van der Waals surface area contributed by atoms with E-state index in [0.29, 0.717) is 5.95 Å². The summed E-state index contributed by atoms with van der Waals surface area (Å²) in [5, 5.41) is 14.0. The van der Waals surface area contributed by atoms with Crippen LogP contribution in [0.1, 0.15) is 25.3 Å². The quantitative estimate of drug-likeness (QED) is 0.378. The third-order valence-electron chi connectivity index (χ3n) is 4.90. The Labute approximate surface area is 170 Å². The summed E-state index contributed by atoms with van der Waals surface area (Å²) < 4.78 is 2.22. The smallest absolute Gasteiger partial charge is 0.265 e. The van der Waals surface area contributed by atoms with Gasteiger partial charge in [0.05, 0.1) is 11.7 Å². The zero-order valence-corrected chi connectivity index (χ0v) is 17.0. The molecule has 29 heavy (non-hydrogen) atoms. The van der Waals surface area contributed by atoms with Gasteiger partial charge in [-0.25, -0.2) is 5.43 Å². The van der Waals surface area contributed by atoms with Crippen LogP contribution in [-0.2, 0) is 6.54 Å². The minimum Gasteiger partial charge on any atom is -0.378 e. The van der Waals surface area contributed by atoms with E-state index in [1.807, 2.05) is 38.4 Å². The number of fused-ring (bicyclic) bond motifs is 3. The molecule has 2 heterocycles. The molecule has 0 bridgehead atoms. The molecule has 0 unspecified atom stereocenters. The third kappa shape index (κ3) is 3.89. The summed E-state index contributed by atoms with van der Waals surface area (Å²) >= 11 is 0. The molecule has 7 nitrogen and oxygen atoms in total. The molecule has 4 rings (SSSR count). The van der Waals surface area contributed by atoms with Crippen LogP contribution in [0.4, 0.5) is 11.6 Å². The molecule has 7 heteroatoms. The van der Waals surface area contributed by atoms with Gasteiger partial charge in [-0.3, -0.25) is 0 Å². The number of hydrogen-bond donors (Lipinski definition) is 1. The topological polar surface area (TPSA) is 71.2 Å². The fourth-order valence-electron chi connectivity index (χ4n) is 3.32. The Kier molecular flexibility index (Phi) is 5.37. The zero-order valence-electron chi connectivity index (χ0n) is 17.0. The molecular weight excluding hydrogens is 362 g/mol. The van der Waals surface area contributed by atoms with Crippen LogP contribution in [0.3, 0.4) is 0 Å². The van der Waals surface area contributed by atoms with Crippen LogP contribution in [0.5, 0.6) is 0 Å². The lowest BCUT2D eigenvalue weighted by Crippen LogP contribution is -2.08. The minimum absolute atomic E-state index is 0.388. The number of benzene rings is 2. The van der Waals surface area contributed by atoms with E-state index in [4.69, 9.17) is 4.98 Å². The number of unbranched alkanes of at least 4 members (excludes halogenated alkanes) is 1. The highest BCUT2D eigenvalue weighted by molar-refractivity contribution is 6.04. The Balaban J connectivity index is 1.60. The first kappa shape index (κ1) is 18.9. The van der Waals surface area contributed by atoms with Crippen LogP contribution in [0.15, 0.2) is 53.6 Å². The van der Waals surface area contributed by atoms with Crippen molar-refractivity contribution >= 4 is 39.9 Å². The van der Waals surface area contributed by atoms with Gasteiger partial charge in [0.1, 0.15) is 5.52 Å². The van der Waals surface area contributed by atoms with Crippen molar-refractivity contribution in [1.82, 2.24) is 19.7 Å². The van der Waals surface area contributed by atoms with Gasteiger partial charge < -0.3 is 9.47 Å². The lowest BCUT2D eigenvalue weighted by atomic mass is 10.2. The second-order valence-electron chi connectivity index (χ2n) is 7.19. The van der Waals surface area contributed by atoms with Crippen molar-refractivity contribution < 1.29 is 0 Å². The van der Waals surface area contributed by atoms with Gasteiger partial charge in [-0.1, -0.05) is 43.7 Å². The molecule has 0 spiro atoms. The number of nitrogens with one attached hydrogen (secondary N) is 1. The van der Waals surface area contributed by atoms with Gasteiger partial charge >= 0.3 is 0 Å². The normalized spacial score (nSPS) is 11.6. The number of hydrazone groups is 1. The standard InChI is InChI=1S/C22H25N7/c1-4-5-14-29-19-9-7-6-8-18(19)20-21(29)24-22(27-25-20)26-23-15-16-10-12-17(13-11-16)28(2)3/h6-13,15H,4-5,14H2,1-3H3,(H,24,26,27)/b23-15+. The predicted octanol–water partition coefficient (Wildman–Crippen LogP) is 4.29. The van der Waals surface area contributed by atoms with Crippen molar-refractivity contribution in [3.05, 3.63) is 54.1 Å². The third-order valence-corrected chi connectivity index (χ3v) is 4.90. The van der Waals surface area contributed by atoms with Gasteiger partial charge in [-0.15, -0.1) is 10.2 Å². The maximum atomic E-state index is 4.69. The number of anilines is 2. The van der Waals surface area contributed by atoms with E-state index >= 15 is 0 Å². The maximum Gasteiger partial charge on any atom is 0.265 e. The van der Waals surface area contributed by atoms with E-state index in [1.165, 1.54) is 0 Å². The van der Waals surface area contributed by atoms with Crippen LogP contribution >= 0.6 is 0 Å². The molecule has 148 valence electrons. The first-order chi connectivity index (χ1) is 14.2. The summed E-state index contributed by atoms with van der Waals surface area (Å²) in [5.74, 6) is 0.388. The molecule has 0 aliphatic rings. The SMILES string of the molecule is CCCCn1c2ccccc2c2nnc(N/N=C/c3ccc(N(C)C)cc3)nc21. The summed E-state index contributed by atoms with van der Waals surface area (Å²) in [4.78, 5) is 6.75. The van der Waals surface area contributed by atoms with E-state index < -0.39 is 0 Å². The molecule has 4 aromatic rings. The van der Waals surface area contributed by atoms with Crippen molar-refractivity contribution in [1.29, 1.82) is 0 Å². The highest BCUT2D eigenvalue weighted by Crippen LogP contribution is 2.26. The number of rotatable bonds is 7. The number of para-hydroxylation sites is 1. The van der Waals surface area contributed by atoms with E-state index in [-0.39, 0.29) is 0 Å². The van der Waals surface area contributed by atoms with E-state index in [9.17, 15) is 0 Å². The fourth-order valence-corrected chi connectivity index (χ4v) is 3.32. The van der Waals surface area contributed by atoms with Gasteiger partial charge in [0, 0.05) is 31.7 Å². The summed E-state index contributed by atoms with van der Waals surface area (Å²) in [6.45, 7) is 3.09. The number of hydrogen-bond acceptors (Lipinski definition) is 6. The second-order valence-corrected chi connectivity index (χ2v) is 7.19. The fraction of sp³-hybridized carbons (Fsp3) is 0.273. The molecule has 0 radical (unpaired) electrons. The van der Waals surface area contributed by atoms with Crippen molar-refractivity contribution in [2.75, 3.05) is 24.4 Å². The first-order valence-corrected chi connectivity index (χ1v) is 9.85. The van der Waals surface area contributed by atoms with Crippen LogP contribution in [0.25, 0.3) is 22.1 Å². The van der Waals surface area contributed by atoms with Crippen LogP contribution in [-0.4, -0.2) is 40.1 Å². The molecule has 0 saturated heterocycles. The van der Waals surface area contributed by atoms with Gasteiger partial charge in [0.25, 0.3) is 5.95 Å². The average Bonchev–Trinajstić information content (AvgIpc) is 3.05. The summed E-state index contributed by atoms with van der Waals surface area (Å²) in [6, 6.07) is 16.4. The predicted molar refractivity (Wildman–Crippen MR) is 120 cm³/mol. The molecule has 2 aromatic heterocycles. The van der Waals surface area contributed by atoms with E-state index in [1.54, 1.807) is 6.21 Å². The highest BCUT2D eigenvalue weighted by Gasteiger charge is 2.14. The molecule has 0 atom stereocenters. The largest absolute Gasteiger partial charge is 0.378 e. The Morgan fingerprint density at radius 3 is 2.62 bits per heavy atom. The van der Waals surface area contributed by atoms with Gasteiger partial charge in [0.2, 0.25) is 0 Å². The number of aromatic nitrogens is 4. The molecule has 0 saturated carbocycles. The van der Waals surface area contributed by atoms with Gasteiger partial charge in [0.15, 0.2) is 5.65 Å². The average molecular weight is 387 g/mol. The van der Waals surface area contributed by atoms with Crippen molar-refractivity contribution in [3.8, 4) is 0 Å². The molecule has 2 aromatic carbocycles. The zero-order chi connectivity index (χ0) is 20.2. The molecule has 0 fully saturated rings. The first-order valence-electron chi connectivity index (χ1n) is 9.85. The summed E-state index contributed by atoms with van der Waals surface area (Å²) in [7, 11) is 4.04. The Morgan fingerprint density at radius 1 is 1.07 bits per heavy atom. The molecule has 0 aliphatic heterocycles. The summed E-state index contributed by atoms with van der Waals surface area (Å²) in [6.07, 6.45) is 3.95. The van der Waals surface area contributed by atoms with Crippen molar-refractivity contribution in [2.45, 2.75) is 26.3 Å². The van der Waals surface area contributed by atoms with Crippen LogP contribution < -0.4 is 10.3 Å². The van der Waals surface area contributed by atoms with Crippen LogP contribution in [0, 0.1) is 0 Å². The Bertz CT molecular complexity index is 1140. The van der Waals surface area contributed by atoms with E-state index in [0.717, 1.165) is 52.7 Å². The number of aryl methyl sites for hydroxylation is 1. The monoisotopic (exact) mass is 387 g/mol. The van der Waals surface area contributed by atoms with Crippen molar-refractivity contribution in [3.63, 3.8) is 0 Å². The molecule has 1 N–H and O–H groups in total. The Hall–Kier alpha value is -3.48. The molecular formula is C22H25N7. The lowest BCUT2D eigenvalue weighted by molar-refractivity contribution is 0.660. The minimum atomic E-state index is 0.388.